The Morgan fingerprint density at radius 1 is 1.06 bits per heavy atom. The number of anilines is 2. The lowest BCUT2D eigenvalue weighted by atomic mass is 10.1. The highest BCUT2D eigenvalue weighted by molar-refractivity contribution is 5.96. The van der Waals surface area contributed by atoms with Crippen molar-refractivity contribution < 1.29 is 14.7 Å². The zero-order chi connectivity index (χ0) is 25.7. The van der Waals surface area contributed by atoms with Gasteiger partial charge in [0.05, 0.1) is 11.3 Å². The predicted molar refractivity (Wildman–Crippen MR) is 137 cm³/mol. The molecule has 1 heterocycles. The van der Waals surface area contributed by atoms with E-state index in [0.717, 1.165) is 11.1 Å². The molecule has 35 heavy (non-hydrogen) atoms. The molecule has 182 valence electrons. The lowest BCUT2D eigenvalue weighted by molar-refractivity contribution is -0.121. The summed E-state index contributed by atoms with van der Waals surface area (Å²) in [6.07, 6.45) is 0. The van der Waals surface area contributed by atoms with Crippen LogP contribution in [0.15, 0.2) is 59.4 Å². The first kappa shape index (κ1) is 25.2. The van der Waals surface area contributed by atoms with E-state index < -0.39 is 11.5 Å². The van der Waals surface area contributed by atoms with Crippen LogP contribution in [0, 0.1) is 5.41 Å². The Bertz CT molecular complexity index is 1330. The van der Waals surface area contributed by atoms with Crippen LogP contribution in [0.3, 0.4) is 0 Å². The van der Waals surface area contributed by atoms with Gasteiger partial charge in [-0.1, -0.05) is 24.3 Å². The molecule has 0 saturated heterocycles. The molecular formula is C26H29N5O4. The SMILES string of the molecule is CC(=N)c1ccc(CNC(=O)Cn2c(-c3cc(N)cc(C(=O)O)c3)ccc(NC(C)C)c2=O)cc1. The third kappa shape index (κ3) is 6.35. The third-order valence-corrected chi connectivity index (χ3v) is 5.29. The van der Waals surface area contributed by atoms with Gasteiger partial charge in [-0.15, -0.1) is 0 Å². The summed E-state index contributed by atoms with van der Waals surface area (Å²) in [4.78, 5) is 37.6. The number of aromatic nitrogens is 1. The molecule has 1 aromatic heterocycles. The van der Waals surface area contributed by atoms with Crippen molar-refractivity contribution in [3.05, 3.63) is 81.6 Å². The normalized spacial score (nSPS) is 10.7. The number of nitrogens with zero attached hydrogens (tertiary/aromatic N) is 1. The van der Waals surface area contributed by atoms with Crippen LogP contribution in [0.5, 0.6) is 0 Å². The van der Waals surface area contributed by atoms with Crippen LogP contribution in [0.1, 0.15) is 42.3 Å². The number of carbonyl (C=O) groups excluding carboxylic acids is 1. The number of nitrogens with two attached hydrogens (primary N) is 1. The molecule has 9 nitrogen and oxygen atoms in total. The summed E-state index contributed by atoms with van der Waals surface area (Å²) >= 11 is 0. The van der Waals surface area contributed by atoms with Gasteiger partial charge in [0.2, 0.25) is 5.91 Å². The van der Waals surface area contributed by atoms with E-state index in [1.165, 1.54) is 16.7 Å². The Hall–Kier alpha value is -4.40. The minimum absolute atomic E-state index is 0.00520. The van der Waals surface area contributed by atoms with Gasteiger partial charge in [0.25, 0.3) is 5.56 Å². The summed E-state index contributed by atoms with van der Waals surface area (Å²) in [6.45, 7) is 5.48. The van der Waals surface area contributed by atoms with Gasteiger partial charge >= 0.3 is 5.97 Å². The van der Waals surface area contributed by atoms with E-state index in [2.05, 4.69) is 10.6 Å². The largest absolute Gasteiger partial charge is 0.478 e. The number of hydrogen-bond donors (Lipinski definition) is 5. The van der Waals surface area contributed by atoms with Gasteiger partial charge in [-0.2, -0.15) is 0 Å². The zero-order valence-electron chi connectivity index (χ0n) is 19.9. The number of benzene rings is 2. The first-order chi connectivity index (χ1) is 16.5. The minimum atomic E-state index is -1.15. The first-order valence-electron chi connectivity index (χ1n) is 11.1. The molecule has 0 aliphatic heterocycles. The summed E-state index contributed by atoms with van der Waals surface area (Å²) in [5.41, 5.74) is 8.95. The molecule has 0 unspecified atom stereocenters. The fourth-order valence-electron chi connectivity index (χ4n) is 3.60. The van der Waals surface area contributed by atoms with Crippen LogP contribution < -0.4 is 21.9 Å². The Balaban J connectivity index is 1.92. The maximum Gasteiger partial charge on any atom is 0.335 e. The summed E-state index contributed by atoms with van der Waals surface area (Å²) in [6, 6.07) is 14.9. The van der Waals surface area contributed by atoms with Crippen LogP contribution >= 0.6 is 0 Å². The van der Waals surface area contributed by atoms with E-state index in [0.29, 0.717) is 22.7 Å². The maximum absolute atomic E-state index is 13.3. The van der Waals surface area contributed by atoms with E-state index in [4.69, 9.17) is 11.1 Å². The Morgan fingerprint density at radius 2 is 1.74 bits per heavy atom. The van der Waals surface area contributed by atoms with Gasteiger partial charge in [-0.25, -0.2) is 4.79 Å². The fraction of sp³-hybridized carbons (Fsp3) is 0.231. The number of carboxylic acid groups (broad SMARTS) is 1. The smallest absolute Gasteiger partial charge is 0.335 e. The summed E-state index contributed by atoms with van der Waals surface area (Å²) in [5, 5.41) is 23.0. The van der Waals surface area contributed by atoms with Crippen LogP contribution in [0.25, 0.3) is 11.3 Å². The first-order valence-corrected chi connectivity index (χ1v) is 11.1. The average Bonchev–Trinajstić information content (AvgIpc) is 2.80. The van der Waals surface area contributed by atoms with E-state index in [1.807, 2.05) is 38.1 Å². The van der Waals surface area contributed by atoms with Crippen molar-refractivity contribution in [3.63, 3.8) is 0 Å². The second kappa shape index (κ2) is 10.7. The molecule has 1 amide bonds. The van der Waals surface area contributed by atoms with E-state index >= 15 is 0 Å². The van der Waals surface area contributed by atoms with Crippen LogP contribution in [-0.4, -0.2) is 33.3 Å². The monoisotopic (exact) mass is 475 g/mol. The number of carbonyl (C=O) groups is 2. The number of nitrogen functional groups attached to an aromatic ring is 1. The average molecular weight is 476 g/mol. The molecule has 6 N–H and O–H groups in total. The second-order valence-corrected chi connectivity index (χ2v) is 8.57. The molecule has 0 aliphatic carbocycles. The fourth-order valence-corrected chi connectivity index (χ4v) is 3.60. The van der Waals surface area contributed by atoms with Gasteiger partial charge < -0.3 is 26.9 Å². The molecule has 0 saturated carbocycles. The molecule has 9 heteroatoms. The Kier molecular flexibility index (Phi) is 7.70. The van der Waals surface area contributed by atoms with Crippen molar-refractivity contribution in [1.29, 1.82) is 5.41 Å². The van der Waals surface area contributed by atoms with Gasteiger partial charge in [0, 0.05) is 29.5 Å². The molecule has 3 rings (SSSR count). The molecule has 0 spiro atoms. The van der Waals surface area contributed by atoms with Gasteiger partial charge in [0.15, 0.2) is 0 Å². The van der Waals surface area contributed by atoms with Gasteiger partial charge in [-0.3, -0.25) is 14.2 Å². The highest BCUT2D eigenvalue weighted by Crippen LogP contribution is 2.24. The maximum atomic E-state index is 13.3. The van der Waals surface area contributed by atoms with Crippen molar-refractivity contribution in [1.82, 2.24) is 9.88 Å². The van der Waals surface area contributed by atoms with Gasteiger partial charge in [-0.05, 0) is 62.2 Å². The molecule has 0 radical (unpaired) electrons. The minimum Gasteiger partial charge on any atom is -0.478 e. The highest BCUT2D eigenvalue weighted by Gasteiger charge is 2.16. The van der Waals surface area contributed by atoms with Crippen molar-refractivity contribution in [2.45, 2.75) is 39.9 Å². The number of pyridine rings is 1. The number of aromatic carboxylic acids is 1. The zero-order valence-corrected chi connectivity index (χ0v) is 19.9. The van der Waals surface area contributed by atoms with Gasteiger partial charge in [0.1, 0.15) is 12.2 Å². The summed E-state index contributed by atoms with van der Waals surface area (Å²) in [5.74, 6) is -1.53. The number of rotatable bonds is 9. The standard InChI is InChI=1S/C26H29N5O4/c1-15(2)30-22-8-9-23(19-10-20(26(34)35)12-21(28)11-19)31(25(22)33)14-24(32)29-13-17-4-6-18(7-5-17)16(3)27/h4-12,15,27,30H,13-14,28H2,1-3H3,(H,29,32)(H,34,35). The summed E-state index contributed by atoms with van der Waals surface area (Å²) < 4.78 is 1.31. The molecule has 3 aromatic rings. The van der Waals surface area contributed by atoms with Crippen molar-refractivity contribution in [2.75, 3.05) is 11.1 Å². The summed E-state index contributed by atoms with van der Waals surface area (Å²) in [7, 11) is 0. The highest BCUT2D eigenvalue weighted by atomic mass is 16.4. The van der Waals surface area contributed by atoms with E-state index in [-0.39, 0.29) is 36.3 Å². The van der Waals surface area contributed by atoms with E-state index in [9.17, 15) is 19.5 Å². The van der Waals surface area contributed by atoms with Crippen molar-refractivity contribution in [3.8, 4) is 11.3 Å². The number of nitrogens with one attached hydrogen (secondary N) is 3. The van der Waals surface area contributed by atoms with Crippen molar-refractivity contribution >= 4 is 29.0 Å². The quantitative estimate of drug-likeness (QED) is 0.237. The molecule has 0 bridgehead atoms. The number of carboxylic acids is 1. The third-order valence-electron chi connectivity index (χ3n) is 5.29. The molecule has 0 fully saturated rings. The molecule has 2 aromatic carbocycles. The van der Waals surface area contributed by atoms with Crippen LogP contribution in [0.4, 0.5) is 11.4 Å². The van der Waals surface area contributed by atoms with Crippen LogP contribution in [0.2, 0.25) is 0 Å². The Morgan fingerprint density at radius 3 is 2.34 bits per heavy atom. The lowest BCUT2D eigenvalue weighted by Gasteiger charge is -2.17. The van der Waals surface area contributed by atoms with Crippen LogP contribution in [-0.2, 0) is 17.9 Å². The lowest BCUT2D eigenvalue weighted by Crippen LogP contribution is -2.34. The van der Waals surface area contributed by atoms with Crippen molar-refractivity contribution in [2.24, 2.45) is 0 Å². The predicted octanol–water partition coefficient (Wildman–Crippen LogP) is 3.32. The second-order valence-electron chi connectivity index (χ2n) is 8.57. The molecule has 0 aliphatic rings. The molecular weight excluding hydrogens is 446 g/mol. The topological polar surface area (TPSA) is 150 Å². The number of hydrogen-bond acceptors (Lipinski definition) is 6. The Labute approximate surface area is 203 Å². The number of amides is 1. The van der Waals surface area contributed by atoms with E-state index in [1.54, 1.807) is 25.1 Å². The molecule has 0 atom stereocenters.